The predicted molar refractivity (Wildman–Crippen MR) is 101 cm³/mol. The molecule has 0 bridgehead atoms. The van der Waals surface area contributed by atoms with Crippen molar-refractivity contribution in [3.63, 3.8) is 0 Å². The van der Waals surface area contributed by atoms with E-state index in [0.717, 1.165) is 23.8 Å². The molecule has 0 aliphatic heterocycles. The SMILES string of the molecule is C/C=C/C(F)(F)c1cccc(Nc2n[nH]c3c2C(C)C2CC=CC=C32)c1. The molecule has 3 nitrogen and oxygen atoms in total. The van der Waals surface area contributed by atoms with Crippen molar-refractivity contribution >= 4 is 17.1 Å². The molecular weight excluding hydrogens is 332 g/mol. The number of H-pyrrole nitrogens is 1. The zero-order chi connectivity index (χ0) is 18.3. The largest absolute Gasteiger partial charge is 0.338 e. The van der Waals surface area contributed by atoms with Gasteiger partial charge < -0.3 is 5.32 Å². The number of rotatable bonds is 4. The fraction of sp³-hybridized carbons (Fsp3) is 0.286. The summed E-state index contributed by atoms with van der Waals surface area (Å²) in [6, 6.07) is 6.34. The maximum absolute atomic E-state index is 14.1. The van der Waals surface area contributed by atoms with Gasteiger partial charge in [-0.2, -0.15) is 13.9 Å². The molecule has 0 radical (unpaired) electrons. The highest BCUT2D eigenvalue weighted by Crippen LogP contribution is 2.50. The van der Waals surface area contributed by atoms with Gasteiger partial charge in [-0.1, -0.05) is 43.4 Å². The molecule has 1 heterocycles. The van der Waals surface area contributed by atoms with Gasteiger partial charge in [0.1, 0.15) is 0 Å². The Labute approximate surface area is 151 Å². The Balaban J connectivity index is 1.66. The van der Waals surface area contributed by atoms with Gasteiger partial charge in [-0.25, -0.2) is 0 Å². The highest BCUT2D eigenvalue weighted by Gasteiger charge is 2.38. The second-order valence-corrected chi connectivity index (χ2v) is 6.87. The summed E-state index contributed by atoms with van der Waals surface area (Å²) in [4.78, 5) is 0. The van der Waals surface area contributed by atoms with Gasteiger partial charge in [-0.3, -0.25) is 5.10 Å². The Bertz CT molecular complexity index is 921. The van der Waals surface area contributed by atoms with Crippen molar-refractivity contribution in [3.05, 3.63) is 71.5 Å². The van der Waals surface area contributed by atoms with Gasteiger partial charge in [0, 0.05) is 16.8 Å². The van der Waals surface area contributed by atoms with E-state index in [2.05, 4.69) is 40.7 Å². The minimum atomic E-state index is -2.99. The molecule has 2 N–H and O–H groups in total. The van der Waals surface area contributed by atoms with Gasteiger partial charge in [0.2, 0.25) is 0 Å². The first-order valence-electron chi connectivity index (χ1n) is 8.86. The lowest BCUT2D eigenvalue weighted by Gasteiger charge is -2.19. The van der Waals surface area contributed by atoms with E-state index in [9.17, 15) is 8.78 Å². The van der Waals surface area contributed by atoms with Crippen LogP contribution < -0.4 is 5.32 Å². The van der Waals surface area contributed by atoms with E-state index >= 15 is 0 Å². The minimum Gasteiger partial charge on any atom is -0.338 e. The lowest BCUT2D eigenvalue weighted by Crippen LogP contribution is -2.10. The zero-order valence-corrected chi connectivity index (χ0v) is 14.8. The normalized spacial score (nSPS) is 21.6. The van der Waals surface area contributed by atoms with E-state index in [4.69, 9.17) is 0 Å². The number of fused-ring (bicyclic) bond motifs is 3. The van der Waals surface area contributed by atoms with Crippen molar-refractivity contribution in [1.82, 2.24) is 10.2 Å². The molecule has 2 atom stereocenters. The first-order valence-corrected chi connectivity index (χ1v) is 8.86. The Hall–Kier alpha value is -2.69. The molecule has 0 fully saturated rings. The summed E-state index contributed by atoms with van der Waals surface area (Å²) in [5.74, 6) is -1.49. The number of benzene rings is 1. The molecule has 4 rings (SSSR count). The number of aromatic nitrogens is 2. The van der Waals surface area contributed by atoms with Crippen LogP contribution in [-0.2, 0) is 5.92 Å². The van der Waals surface area contributed by atoms with Crippen molar-refractivity contribution in [2.45, 2.75) is 32.1 Å². The molecule has 2 aliphatic rings. The topological polar surface area (TPSA) is 40.7 Å². The Morgan fingerprint density at radius 3 is 3.00 bits per heavy atom. The van der Waals surface area contributed by atoms with Crippen LogP contribution in [0.1, 0.15) is 43.0 Å². The number of hydrogen-bond donors (Lipinski definition) is 2. The van der Waals surface area contributed by atoms with Crippen LogP contribution in [0.4, 0.5) is 20.3 Å². The molecule has 26 heavy (non-hydrogen) atoms. The Morgan fingerprint density at radius 2 is 2.19 bits per heavy atom. The van der Waals surface area contributed by atoms with E-state index in [0.29, 0.717) is 23.3 Å². The molecular formula is C21H21F2N3. The molecule has 0 saturated carbocycles. The third-order valence-corrected chi connectivity index (χ3v) is 5.24. The van der Waals surface area contributed by atoms with E-state index in [1.54, 1.807) is 19.1 Å². The number of anilines is 2. The van der Waals surface area contributed by atoms with Crippen LogP contribution in [-0.4, -0.2) is 10.2 Å². The highest BCUT2D eigenvalue weighted by atomic mass is 19.3. The van der Waals surface area contributed by atoms with Crippen LogP contribution in [0.5, 0.6) is 0 Å². The van der Waals surface area contributed by atoms with Crippen LogP contribution in [0.3, 0.4) is 0 Å². The second kappa shape index (κ2) is 6.24. The monoisotopic (exact) mass is 353 g/mol. The van der Waals surface area contributed by atoms with Crippen molar-refractivity contribution in [1.29, 1.82) is 0 Å². The van der Waals surface area contributed by atoms with Gasteiger partial charge in [0.05, 0.1) is 5.69 Å². The molecule has 0 saturated heterocycles. The smallest absolute Gasteiger partial charge is 0.291 e. The molecule has 2 unspecified atom stereocenters. The lowest BCUT2D eigenvalue weighted by atomic mass is 9.86. The van der Waals surface area contributed by atoms with Crippen molar-refractivity contribution in [2.75, 3.05) is 5.32 Å². The Morgan fingerprint density at radius 1 is 1.35 bits per heavy atom. The standard InChI is InChI=1S/C21H21F2N3/c1-3-11-21(22,23)14-7-6-8-15(12-14)24-20-18-13(2)16-9-4-5-10-17(16)19(18)25-26-20/h3-8,10-13,16H,9H2,1-2H3,(H2,24,25,26)/b11-3+. The van der Waals surface area contributed by atoms with Gasteiger partial charge >= 0.3 is 0 Å². The fourth-order valence-electron chi connectivity index (χ4n) is 3.95. The number of halogens is 2. The number of nitrogens with one attached hydrogen (secondary N) is 2. The molecule has 0 amide bonds. The summed E-state index contributed by atoms with van der Waals surface area (Å²) in [5, 5.41) is 10.8. The summed E-state index contributed by atoms with van der Waals surface area (Å²) >= 11 is 0. The molecule has 1 aromatic carbocycles. The fourth-order valence-corrected chi connectivity index (χ4v) is 3.95. The first kappa shape index (κ1) is 16.8. The van der Waals surface area contributed by atoms with Gasteiger partial charge in [0.15, 0.2) is 5.82 Å². The summed E-state index contributed by atoms with van der Waals surface area (Å²) in [7, 11) is 0. The average Bonchev–Trinajstić information content (AvgIpc) is 3.16. The van der Waals surface area contributed by atoms with Crippen LogP contribution in [0, 0.1) is 5.92 Å². The lowest BCUT2D eigenvalue weighted by molar-refractivity contribution is 0.0520. The summed E-state index contributed by atoms with van der Waals surface area (Å²) in [6.45, 7) is 3.79. The second-order valence-electron chi connectivity index (χ2n) is 6.87. The molecule has 2 aromatic rings. The third-order valence-electron chi connectivity index (χ3n) is 5.24. The van der Waals surface area contributed by atoms with Crippen molar-refractivity contribution in [3.8, 4) is 0 Å². The number of allylic oxidation sites excluding steroid dienone is 6. The maximum Gasteiger partial charge on any atom is 0.291 e. The van der Waals surface area contributed by atoms with E-state index in [1.807, 2.05) is 0 Å². The van der Waals surface area contributed by atoms with E-state index < -0.39 is 5.92 Å². The van der Waals surface area contributed by atoms with Crippen molar-refractivity contribution < 1.29 is 8.78 Å². The molecule has 0 spiro atoms. The van der Waals surface area contributed by atoms with Crippen LogP contribution >= 0.6 is 0 Å². The number of alkyl halides is 2. The van der Waals surface area contributed by atoms with E-state index in [-0.39, 0.29) is 5.56 Å². The first-order chi connectivity index (χ1) is 12.5. The maximum atomic E-state index is 14.1. The van der Waals surface area contributed by atoms with Crippen LogP contribution in [0.25, 0.3) is 5.57 Å². The third kappa shape index (κ3) is 2.68. The average molecular weight is 353 g/mol. The van der Waals surface area contributed by atoms with E-state index in [1.165, 1.54) is 23.8 Å². The number of hydrogen-bond acceptors (Lipinski definition) is 2. The van der Waals surface area contributed by atoms with Gasteiger partial charge in [-0.15, -0.1) is 0 Å². The summed E-state index contributed by atoms with van der Waals surface area (Å²) < 4.78 is 28.3. The number of nitrogens with zero attached hydrogens (tertiary/aromatic N) is 1. The summed E-state index contributed by atoms with van der Waals surface area (Å²) in [6.07, 6.45) is 9.69. The molecule has 2 aliphatic carbocycles. The molecule has 134 valence electrons. The van der Waals surface area contributed by atoms with Crippen LogP contribution in [0.2, 0.25) is 0 Å². The quantitative estimate of drug-likeness (QED) is 0.672. The van der Waals surface area contributed by atoms with Crippen LogP contribution in [0.15, 0.2) is 54.6 Å². The number of aromatic amines is 1. The zero-order valence-electron chi connectivity index (χ0n) is 14.8. The van der Waals surface area contributed by atoms with Gasteiger partial charge in [-0.05, 0) is 49.0 Å². The Kier molecular flexibility index (Phi) is 4.02. The summed E-state index contributed by atoms with van der Waals surface area (Å²) in [5.41, 5.74) is 4.04. The predicted octanol–water partition coefficient (Wildman–Crippen LogP) is 5.90. The minimum absolute atomic E-state index is 0.0404. The highest BCUT2D eigenvalue weighted by molar-refractivity contribution is 5.80. The molecule has 5 heteroatoms. The van der Waals surface area contributed by atoms with Gasteiger partial charge in [0.25, 0.3) is 5.92 Å². The molecule has 1 aromatic heterocycles. The van der Waals surface area contributed by atoms with Crippen molar-refractivity contribution in [2.24, 2.45) is 5.92 Å².